The molecule has 2 aliphatic rings. The second-order valence-electron chi connectivity index (χ2n) is 5.67. The van der Waals surface area contributed by atoms with Crippen LogP contribution >= 0.6 is 0 Å². The average molecular weight is 258 g/mol. The molecule has 1 aliphatic carbocycles. The number of benzene rings is 1. The fourth-order valence-electron chi connectivity index (χ4n) is 2.93. The maximum Gasteiger partial charge on any atom is 0.240 e. The van der Waals surface area contributed by atoms with E-state index in [0.717, 1.165) is 25.9 Å². The molecule has 1 aromatic rings. The Kier molecular flexibility index (Phi) is 3.56. The second-order valence-corrected chi connectivity index (χ2v) is 5.67. The van der Waals surface area contributed by atoms with Crippen LogP contribution in [0.15, 0.2) is 24.3 Å². The normalized spacial score (nSPS) is 21.8. The minimum Gasteiger partial charge on any atom is -0.338 e. The molecule has 0 aromatic heterocycles. The van der Waals surface area contributed by atoms with Crippen molar-refractivity contribution in [1.29, 1.82) is 0 Å². The molecular formula is C16H22N2O. The first-order valence-electron chi connectivity index (χ1n) is 7.40. The third-order valence-electron chi connectivity index (χ3n) is 4.11. The molecule has 1 aromatic carbocycles. The molecule has 0 spiro atoms. The molecule has 1 fully saturated rings. The Morgan fingerprint density at radius 2 is 2.05 bits per heavy atom. The summed E-state index contributed by atoms with van der Waals surface area (Å²) in [6.45, 7) is 3.87. The van der Waals surface area contributed by atoms with Gasteiger partial charge in [0.25, 0.3) is 0 Å². The first-order valence-corrected chi connectivity index (χ1v) is 7.40. The van der Waals surface area contributed by atoms with Gasteiger partial charge in [0.05, 0.1) is 6.04 Å². The van der Waals surface area contributed by atoms with Crippen LogP contribution in [0.1, 0.15) is 37.3 Å². The lowest BCUT2D eigenvalue weighted by Gasteiger charge is -2.31. The van der Waals surface area contributed by atoms with E-state index in [0.29, 0.717) is 11.9 Å². The Hall–Kier alpha value is -1.35. The lowest BCUT2D eigenvalue weighted by atomic mass is 9.95. The van der Waals surface area contributed by atoms with E-state index in [4.69, 9.17) is 0 Å². The molecule has 0 radical (unpaired) electrons. The molecule has 1 heterocycles. The van der Waals surface area contributed by atoms with Crippen LogP contribution in [0.2, 0.25) is 0 Å². The van der Waals surface area contributed by atoms with Crippen molar-refractivity contribution in [3.8, 4) is 0 Å². The van der Waals surface area contributed by atoms with Gasteiger partial charge in [0.2, 0.25) is 5.91 Å². The highest BCUT2D eigenvalue weighted by Crippen LogP contribution is 2.28. The molecule has 3 rings (SSSR count). The van der Waals surface area contributed by atoms with Gasteiger partial charge in [-0.2, -0.15) is 0 Å². The number of carbonyl (C=O) groups is 1. The maximum atomic E-state index is 12.6. The topological polar surface area (TPSA) is 32.3 Å². The number of amides is 1. The van der Waals surface area contributed by atoms with Gasteiger partial charge in [0.15, 0.2) is 0 Å². The summed E-state index contributed by atoms with van der Waals surface area (Å²) in [5, 5.41) is 3.41. The Morgan fingerprint density at radius 1 is 1.32 bits per heavy atom. The summed E-state index contributed by atoms with van der Waals surface area (Å²) in [5.41, 5.74) is 2.66. The maximum absolute atomic E-state index is 12.6. The van der Waals surface area contributed by atoms with Crippen molar-refractivity contribution in [3.05, 3.63) is 35.4 Å². The van der Waals surface area contributed by atoms with Crippen LogP contribution in [0.25, 0.3) is 0 Å². The van der Waals surface area contributed by atoms with E-state index in [1.807, 2.05) is 0 Å². The van der Waals surface area contributed by atoms with Gasteiger partial charge in [-0.05, 0) is 36.8 Å². The Bertz CT molecular complexity index is 468. The summed E-state index contributed by atoms with van der Waals surface area (Å²) < 4.78 is 0. The van der Waals surface area contributed by atoms with Gasteiger partial charge in [-0.3, -0.25) is 4.79 Å². The summed E-state index contributed by atoms with van der Waals surface area (Å²) in [5.74, 6) is 0.304. The van der Waals surface area contributed by atoms with Crippen LogP contribution in [0.3, 0.4) is 0 Å². The first-order chi connectivity index (χ1) is 9.29. The molecule has 1 aliphatic heterocycles. The summed E-state index contributed by atoms with van der Waals surface area (Å²) in [6, 6.07) is 8.92. The van der Waals surface area contributed by atoms with Crippen molar-refractivity contribution in [2.24, 2.45) is 0 Å². The van der Waals surface area contributed by atoms with Crippen LogP contribution in [0.5, 0.6) is 0 Å². The predicted octanol–water partition coefficient (Wildman–Crippen LogP) is 2.10. The van der Waals surface area contributed by atoms with Gasteiger partial charge in [-0.25, -0.2) is 0 Å². The lowest BCUT2D eigenvalue weighted by Crippen LogP contribution is -2.50. The van der Waals surface area contributed by atoms with Crippen LogP contribution in [-0.4, -0.2) is 29.4 Å². The van der Waals surface area contributed by atoms with Gasteiger partial charge < -0.3 is 10.2 Å². The number of fused-ring (bicyclic) bond motifs is 1. The SMILES string of the molecule is CCCN(C(=O)C1Cc2ccccc2CN1)C1CC1. The quantitative estimate of drug-likeness (QED) is 0.897. The van der Waals surface area contributed by atoms with E-state index in [1.165, 1.54) is 24.0 Å². The molecule has 0 saturated heterocycles. The van der Waals surface area contributed by atoms with E-state index < -0.39 is 0 Å². The van der Waals surface area contributed by atoms with E-state index in [2.05, 4.69) is 41.4 Å². The van der Waals surface area contributed by atoms with Crippen LogP contribution in [0, 0.1) is 0 Å². The number of rotatable bonds is 4. The first kappa shape index (κ1) is 12.7. The number of hydrogen-bond acceptors (Lipinski definition) is 2. The van der Waals surface area contributed by atoms with Crippen molar-refractivity contribution < 1.29 is 4.79 Å². The monoisotopic (exact) mass is 258 g/mol. The molecule has 0 bridgehead atoms. The number of nitrogens with one attached hydrogen (secondary N) is 1. The van der Waals surface area contributed by atoms with Gasteiger partial charge >= 0.3 is 0 Å². The van der Waals surface area contributed by atoms with Gasteiger partial charge in [0.1, 0.15) is 0 Å². The number of carbonyl (C=O) groups excluding carboxylic acids is 1. The highest BCUT2D eigenvalue weighted by molar-refractivity contribution is 5.83. The average Bonchev–Trinajstić information content (AvgIpc) is 3.28. The molecule has 1 N–H and O–H groups in total. The molecule has 1 atom stereocenters. The standard InChI is InChI=1S/C16H22N2O/c1-2-9-18(14-7-8-14)16(19)15-10-12-5-3-4-6-13(12)11-17-15/h3-6,14-15,17H,2,7-11H2,1H3. The fraction of sp³-hybridized carbons (Fsp3) is 0.562. The lowest BCUT2D eigenvalue weighted by molar-refractivity contribution is -0.134. The highest BCUT2D eigenvalue weighted by atomic mass is 16.2. The van der Waals surface area contributed by atoms with Gasteiger partial charge in [-0.15, -0.1) is 0 Å². The van der Waals surface area contributed by atoms with E-state index in [-0.39, 0.29) is 6.04 Å². The zero-order chi connectivity index (χ0) is 13.2. The summed E-state index contributed by atoms with van der Waals surface area (Å²) in [4.78, 5) is 14.7. The molecule has 102 valence electrons. The van der Waals surface area contributed by atoms with Gasteiger partial charge in [-0.1, -0.05) is 31.2 Å². The van der Waals surface area contributed by atoms with Gasteiger partial charge in [0, 0.05) is 19.1 Å². The van der Waals surface area contributed by atoms with E-state index in [1.54, 1.807) is 0 Å². The molecule has 1 amide bonds. The van der Waals surface area contributed by atoms with Crippen molar-refractivity contribution in [2.45, 2.75) is 51.2 Å². The van der Waals surface area contributed by atoms with Crippen LogP contribution in [-0.2, 0) is 17.8 Å². The Morgan fingerprint density at radius 3 is 2.74 bits per heavy atom. The zero-order valence-corrected chi connectivity index (χ0v) is 11.6. The summed E-state index contributed by atoms with van der Waals surface area (Å²) in [7, 11) is 0. The van der Waals surface area contributed by atoms with Crippen LogP contribution in [0.4, 0.5) is 0 Å². The molecule has 3 nitrogen and oxygen atoms in total. The van der Waals surface area contributed by atoms with E-state index >= 15 is 0 Å². The Labute approximate surface area is 115 Å². The summed E-state index contributed by atoms with van der Waals surface area (Å²) in [6.07, 6.45) is 4.26. The minimum atomic E-state index is -0.0259. The third-order valence-corrected chi connectivity index (χ3v) is 4.11. The van der Waals surface area contributed by atoms with Crippen molar-refractivity contribution in [2.75, 3.05) is 6.54 Å². The summed E-state index contributed by atoms with van der Waals surface area (Å²) >= 11 is 0. The molecule has 1 unspecified atom stereocenters. The Balaban J connectivity index is 1.71. The molecule has 19 heavy (non-hydrogen) atoms. The second kappa shape index (κ2) is 5.33. The predicted molar refractivity (Wildman–Crippen MR) is 75.8 cm³/mol. The van der Waals surface area contributed by atoms with E-state index in [9.17, 15) is 4.79 Å². The third kappa shape index (κ3) is 2.66. The fourth-order valence-corrected chi connectivity index (χ4v) is 2.93. The van der Waals surface area contributed by atoms with Crippen molar-refractivity contribution in [1.82, 2.24) is 10.2 Å². The highest BCUT2D eigenvalue weighted by Gasteiger charge is 2.36. The molecule has 1 saturated carbocycles. The largest absolute Gasteiger partial charge is 0.338 e. The zero-order valence-electron chi connectivity index (χ0n) is 11.6. The number of nitrogens with zero attached hydrogens (tertiary/aromatic N) is 1. The smallest absolute Gasteiger partial charge is 0.240 e. The molecule has 3 heteroatoms. The van der Waals surface area contributed by atoms with Crippen molar-refractivity contribution in [3.63, 3.8) is 0 Å². The number of hydrogen-bond donors (Lipinski definition) is 1. The van der Waals surface area contributed by atoms with Crippen molar-refractivity contribution >= 4 is 5.91 Å². The van der Waals surface area contributed by atoms with Crippen LogP contribution < -0.4 is 5.32 Å². The molecular weight excluding hydrogens is 236 g/mol. The minimum absolute atomic E-state index is 0.0259.